The molecule has 1 aliphatic heterocycles. The van der Waals surface area contributed by atoms with Gasteiger partial charge in [0.15, 0.2) is 0 Å². The molecule has 3 aromatic rings. The molecule has 0 atom stereocenters. The van der Waals surface area contributed by atoms with Crippen LogP contribution in [0.15, 0.2) is 40.1 Å². The van der Waals surface area contributed by atoms with E-state index in [1.807, 2.05) is 36.0 Å². The third-order valence-electron chi connectivity index (χ3n) is 4.32. The Kier molecular flexibility index (Phi) is 3.57. The summed E-state index contributed by atoms with van der Waals surface area (Å²) in [4.78, 5) is 23.5. The van der Waals surface area contributed by atoms with Crippen molar-refractivity contribution in [2.45, 2.75) is 19.9 Å². The molecule has 0 saturated carbocycles. The molecular formula is C17H17N5OS. The fourth-order valence-electron chi connectivity index (χ4n) is 3.12. The van der Waals surface area contributed by atoms with Gasteiger partial charge in [-0.1, -0.05) is 0 Å². The van der Waals surface area contributed by atoms with Crippen LogP contribution in [-0.2, 0) is 13.0 Å². The van der Waals surface area contributed by atoms with Gasteiger partial charge < -0.3 is 10.6 Å². The topological polar surface area (TPSA) is 77.0 Å². The summed E-state index contributed by atoms with van der Waals surface area (Å²) < 4.78 is 1.70. The van der Waals surface area contributed by atoms with Crippen LogP contribution < -0.4 is 16.2 Å². The Morgan fingerprint density at radius 2 is 2.21 bits per heavy atom. The van der Waals surface area contributed by atoms with Gasteiger partial charge in [-0.15, -0.1) is 0 Å². The van der Waals surface area contributed by atoms with E-state index >= 15 is 0 Å². The SMILES string of the molecule is Cc1ccn(-c2ccsc2)c(=O)c1N1CCc2nc(N)ncc2C1. The number of hydrogen-bond donors (Lipinski definition) is 1. The molecule has 122 valence electrons. The van der Waals surface area contributed by atoms with Crippen molar-refractivity contribution in [3.63, 3.8) is 0 Å². The number of rotatable bonds is 2. The fraction of sp³-hybridized carbons (Fsp3) is 0.235. The van der Waals surface area contributed by atoms with Crippen LogP contribution in [0.5, 0.6) is 0 Å². The van der Waals surface area contributed by atoms with E-state index in [0.29, 0.717) is 12.5 Å². The van der Waals surface area contributed by atoms with Crippen molar-refractivity contribution in [2.75, 3.05) is 17.2 Å². The number of thiophene rings is 1. The minimum atomic E-state index is 0.00760. The van der Waals surface area contributed by atoms with Gasteiger partial charge in [-0.2, -0.15) is 11.3 Å². The first-order valence-corrected chi connectivity index (χ1v) is 8.68. The number of aromatic nitrogens is 3. The lowest BCUT2D eigenvalue weighted by Crippen LogP contribution is -2.37. The minimum absolute atomic E-state index is 0.00760. The van der Waals surface area contributed by atoms with Crippen molar-refractivity contribution in [2.24, 2.45) is 0 Å². The van der Waals surface area contributed by atoms with E-state index in [2.05, 4.69) is 14.9 Å². The molecule has 0 bridgehead atoms. The lowest BCUT2D eigenvalue weighted by Gasteiger charge is -2.30. The largest absolute Gasteiger partial charge is 0.368 e. The molecule has 0 aliphatic carbocycles. The highest BCUT2D eigenvalue weighted by molar-refractivity contribution is 7.08. The van der Waals surface area contributed by atoms with Gasteiger partial charge in [0.2, 0.25) is 5.95 Å². The van der Waals surface area contributed by atoms with Crippen molar-refractivity contribution in [1.82, 2.24) is 14.5 Å². The predicted octanol–water partition coefficient (Wildman–Crippen LogP) is 2.14. The average Bonchev–Trinajstić information content (AvgIpc) is 3.09. The van der Waals surface area contributed by atoms with E-state index in [1.165, 1.54) is 0 Å². The molecule has 0 spiro atoms. The molecule has 7 heteroatoms. The van der Waals surface area contributed by atoms with Crippen molar-refractivity contribution >= 4 is 23.0 Å². The highest BCUT2D eigenvalue weighted by Gasteiger charge is 2.22. The van der Waals surface area contributed by atoms with Crippen LogP contribution in [0.2, 0.25) is 0 Å². The molecule has 1 aliphatic rings. The smallest absolute Gasteiger partial charge is 0.278 e. The van der Waals surface area contributed by atoms with Gasteiger partial charge in [0, 0.05) is 42.8 Å². The van der Waals surface area contributed by atoms with Crippen LogP contribution in [0.4, 0.5) is 11.6 Å². The van der Waals surface area contributed by atoms with Gasteiger partial charge in [-0.05, 0) is 30.0 Å². The number of fused-ring (bicyclic) bond motifs is 1. The predicted molar refractivity (Wildman–Crippen MR) is 95.9 cm³/mol. The molecule has 3 aromatic heterocycles. The van der Waals surface area contributed by atoms with Crippen LogP contribution in [0, 0.1) is 6.92 Å². The molecule has 0 radical (unpaired) electrons. The van der Waals surface area contributed by atoms with E-state index < -0.39 is 0 Å². The normalized spacial score (nSPS) is 13.8. The molecule has 0 aromatic carbocycles. The maximum absolute atomic E-state index is 13.0. The van der Waals surface area contributed by atoms with Crippen LogP contribution in [0.1, 0.15) is 16.8 Å². The molecule has 6 nitrogen and oxygen atoms in total. The van der Waals surface area contributed by atoms with Crippen LogP contribution in [-0.4, -0.2) is 21.1 Å². The summed E-state index contributed by atoms with van der Waals surface area (Å²) in [7, 11) is 0. The Morgan fingerprint density at radius 1 is 1.33 bits per heavy atom. The highest BCUT2D eigenvalue weighted by atomic mass is 32.1. The zero-order valence-electron chi connectivity index (χ0n) is 13.3. The van der Waals surface area contributed by atoms with E-state index in [-0.39, 0.29) is 5.56 Å². The Bertz CT molecular complexity index is 948. The third kappa shape index (κ3) is 2.46. The summed E-state index contributed by atoms with van der Waals surface area (Å²) in [6, 6.07) is 3.94. The summed E-state index contributed by atoms with van der Waals surface area (Å²) in [6.07, 6.45) is 4.36. The van der Waals surface area contributed by atoms with E-state index in [4.69, 9.17) is 5.73 Å². The zero-order chi connectivity index (χ0) is 16.7. The molecule has 4 rings (SSSR count). The van der Waals surface area contributed by atoms with Crippen LogP contribution in [0.25, 0.3) is 5.69 Å². The molecule has 0 amide bonds. The first-order valence-electron chi connectivity index (χ1n) is 7.73. The van der Waals surface area contributed by atoms with Crippen molar-refractivity contribution in [1.29, 1.82) is 0 Å². The maximum atomic E-state index is 13.0. The van der Waals surface area contributed by atoms with E-state index in [9.17, 15) is 4.79 Å². The first kappa shape index (κ1) is 14.9. The lowest BCUT2D eigenvalue weighted by molar-refractivity contribution is 0.698. The number of nitrogens with zero attached hydrogens (tertiary/aromatic N) is 4. The van der Waals surface area contributed by atoms with Gasteiger partial charge in [-0.3, -0.25) is 9.36 Å². The number of pyridine rings is 1. The maximum Gasteiger partial charge on any atom is 0.278 e. The van der Waals surface area contributed by atoms with Gasteiger partial charge in [0.1, 0.15) is 5.69 Å². The molecular weight excluding hydrogens is 322 g/mol. The molecule has 0 unspecified atom stereocenters. The van der Waals surface area contributed by atoms with Gasteiger partial charge >= 0.3 is 0 Å². The summed E-state index contributed by atoms with van der Waals surface area (Å²) in [5, 5.41) is 3.95. The number of nitrogens with two attached hydrogens (primary N) is 1. The summed E-state index contributed by atoms with van der Waals surface area (Å²) in [5.41, 5.74) is 10.3. The van der Waals surface area contributed by atoms with E-state index in [1.54, 1.807) is 22.1 Å². The molecule has 0 fully saturated rings. The summed E-state index contributed by atoms with van der Waals surface area (Å²) >= 11 is 1.58. The average molecular weight is 339 g/mol. The lowest BCUT2D eigenvalue weighted by atomic mass is 10.1. The fourth-order valence-corrected chi connectivity index (χ4v) is 3.75. The zero-order valence-corrected chi connectivity index (χ0v) is 14.1. The standard InChI is InChI=1S/C17H17N5OS/c1-11-2-6-22(13-4-7-24-10-13)16(23)15(11)21-5-3-14-12(9-21)8-19-17(18)20-14/h2,4,6-8,10H,3,5,9H2,1H3,(H2,18,19,20). The van der Waals surface area contributed by atoms with Crippen LogP contribution in [0.3, 0.4) is 0 Å². The number of aryl methyl sites for hydroxylation is 1. The molecule has 0 saturated heterocycles. The Morgan fingerprint density at radius 3 is 3.00 bits per heavy atom. The Labute approximate surface area is 143 Å². The van der Waals surface area contributed by atoms with Gasteiger partial charge in [-0.25, -0.2) is 9.97 Å². The highest BCUT2D eigenvalue weighted by Crippen LogP contribution is 2.24. The second-order valence-electron chi connectivity index (χ2n) is 5.88. The quantitative estimate of drug-likeness (QED) is 0.774. The minimum Gasteiger partial charge on any atom is -0.368 e. The summed E-state index contributed by atoms with van der Waals surface area (Å²) in [5.74, 6) is 0.304. The van der Waals surface area contributed by atoms with Gasteiger partial charge in [0.05, 0.1) is 11.4 Å². The van der Waals surface area contributed by atoms with Gasteiger partial charge in [0.25, 0.3) is 5.56 Å². The molecule has 24 heavy (non-hydrogen) atoms. The summed E-state index contributed by atoms with van der Waals surface area (Å²) in [6.45, 7) is 3.34. The second kappa shape index (κ2) is 5.76. The van der Waals surface area contributed by atoms with Crippen molar-refractivity contribution < 1.29 is 0 Å². The number of hydrogen-bond acceptors (Lipinski definition) is 6. The van der Waals surface area contributed by atoms with Crippen LogP contribution >= 0.6 is 11.3 Å². The Balaban J connectivity index is 1.76. The monoisotopic (exact) mass is 339 g/mol. The molecule has 2 N–H and O–H groups in total. The van der Waals surface area contributed by atoms with Crippen molar-refractivity contribution in [3.8, 4) is 5.69 Å². The third-order valence-corrected chi connectivity index (χ3v) is 4.99. The number of nitrogen functional groups attached to an aromatic ring is 1. The van der Waals surface area contributed by atoms with E-state index in [0.717, 1.165) is 41.2 Å². The second-order valence-corrected chi connectivity index (χ2v) is 6.66. The molecule has 4 heterocycles. The number of anilines is 2. The Hall–Kier alpha value is -2.67. The van der Waals surface area contributed by atoms with Crippen molar-refractivity contribution in [3.05, 3.63) is 62.5 Å². The first-order chi connectivity index (χ1) is 11.6.